The summed E-state index contributed by atoms with van der Waals surface area (Å²) in [5.41, 5.74) is 3.18. The summed E-state index contributed by atoms with van der Waals surface area (Å²) in [5.74, 6) is 0. The van der Waals surface area contributed by atoms with Crippen molar-refractivity contribution in [2.24, 2.45) is 0 Å². The molecule has 0 fully saturated rings. The smallest absolute Gasteiger partial charge is 0.261 e. The summed E-state index contributed by atoms with van der Waals surface area (Å²) < 4.78 is 3.20. The lowest BCUT2D eigenvalue weighted by molar-refractivity contribution is 0.732. The first-order chi connectivity index (χ1) is 14.7. The number of aromatic nitrogens is 4. The third kappa shape index (κ3) is 3.28. The molecule has 5 aromatic rings. The molecule has 0 aliphatic heterocycles. The fourth-order valence-corrected chi connectivity index (χ4v) is 3.66. The van der Waals surface area contributed by atoms with Crippen molar-refractivity contribution in [2.45, 2.75) is 13.1 Å². The molecular weight excluding hydrogens is 376 g/mol. The second-order valence-electron chi connectivity index (χ2n) is 7.21. The number of rotatable bonds is 4. The minimum absolute atomic E-state index is 0.0686. The van der Waals surface area contributed by atoms with E-state index in [9.17, 15) is 9.59 Å². The highest BCUT2D eigenvalue weighted by atomic mass is 16.1. The highest BCUT2D eigenvalue weighted by Crippen LogP contribution is 2.11. The Bertz CT molecular complexity index is 1390. The molecule has 0 atom stereocenters. The Morgan fingerprint density at radius 3 is 1.57 bits per heavy atom. The molecule has 30 heavy (non-hydrogen) atoms. The van der Waals surface area contributed by atoms with Crippen molar-refractivity contribution in [2.75, 3.05) is 0 Å². The Morgan fingerprint density at radius 2 is 1.07 bits per heavy atom. The van der Waals surface area contributed by atoms with Crippen LogP contribution in [-0.2, 0) is 13.1 Å². The molecule has 0 saturated heterocycles. The van der Waals surface area contributed by atoms with Crippen LogP contribution in [0, 0.1) is 0 Å². The van der Waals surface area contributed by atoms with Crippen LogP contribution in [0.25, 0.3) is 21.8 Å². The first-order valence-corrected chi connectivity index (χ1v) is 9.65. The molecule has 0 spiro atoms. The van der Waals surface area contributed by atoms with Crippen LogP contribution in [-0.4, -0.2) is 19.1 Å². The van der Waals surface area contributed by atoms with Gasteiger partial charge in [-0.25, -0.2) is 9.97 Å². The van der Waals surface area contributed by atoms with Gasteiger partial charge in [0.25, 0.3) is 11.1 Å². The molecule has 0 unspecified atom stereocenters. The normalized spacial score (nSPS) is 11.2. The van der Waals surface area contributed by atoms with Gasteiger partial charge in [0.05, 0.1) is 47.6 Å². The molecule has 0 aliphatic carbocycles. The molecule has 3 aromatic carbocycles. The molecule has 2 aromatic heterocycles. The largest absolute Gasteiger partial charge is 0.294 e. The lowest BCUT2D eigenvalue weighted by atomic mass is 10.1. The first kappa shape index (κ1) is 18.0. The average molecular weight is 394 g/mol. The maximum Gasteiger partial charge on any atom is 0.261 e. The summed E-state index contributed by atoms with van der Waals surface area (Å²) in [5, 5.41) is 1.20. The second kappa shape index (κ2) is 7.40. The van der Waals surface area contributed by atoms with E-state index in [1.165, 1.54) is 0 Å². The van der Waals surface area contributed by atoms with E-state index in [1.807, 2.05) is 60.7 Å². The molecule has 6 heteroatoms. The minimum Gasteiger partial charge on any atom is -0.294 e. The van der Waals surface area contributed by atoms with E-state index in [0.29, 0.717) is 34.9 Å². The van der Waals surface area contributed by atoms with Crippen LogP contribution in [0.3, 0.4) is 0 Å². The highest BCUT2D eigenvalue weighted by molar-refractivity contribution is 5.77. The molecule has 2 heterocycles. The van der Waals surface area contributed by atoms with E-state index in [0.717, 1.165) is 11.1 Å². The SMILES string of the molecule is O=c1c2ccccc2ncn1Cc1cccc(Cn2cnc3ccccc3c2=O)c1. The summed E-state index contributed by atoms with van der Waals surface area (Å²) in [7, 11) is 0. The molecule has 5 rings (SSSR count). The van der Waals surface area contributed by atoms with Gasteiger partial charge in [0.1, 0.15) is 0 Å². The quantitative estimate of drug-likeness (QED) is 0.469. The van der Waals surface area contributed by atoms with Crippen molar-refractivity contribution in [1.29, 1.82) is 0 Å². The molecule has 0 amide bonds. The van der Waals surface area contributed by atoms with E-state index in [1.54, 1.807) is 33.9 Å². The van der Waals surface area contributed by atoms with Crippen molar-refractivity contribution in [1.82, 2.24) is 19.1 Å². The number of hydrogen-bond acceptors (Lipinski definition) is 4. The molecule has 0 bridgehead atoms. The maximum absolute atomic E-state index is 12.7. The van der Waals surface area contributed by atoms with E-state index < -0.39 is 0 Å². The predicted molar refractivity (Wildman–Crippen MR) is 117 cm³/mol. The van der Waals surface area contributed by atoms with Gasteiger partial charge < -0.3 is 0 Å². The van der Waals surface area contributed by atoms with Gasteiger partial charge in [-0.15, -0.1) is 0 Å². The van der Waals surface area contributed by atoms with Crippen molar-refractivity contribution >= 4 is 21.8 Å². The first-order valence-electron chi connectivity index (χ1n) is 9.65. The molecule has 0 N–H and O–H groups in total. The fraction of sp³-hybridized carbons (Fsp3) is 0.0833. The minimum atomic E-state index is -0.0686. The number of benzene rings is 3. The van der Waals surface area contributed by atoms with Crippen LogP contribution in [0.15, 0.2) is 95.0 Å². The van der Waals surface area contributed by atoms with Crippen LogP contribution in [0.1, 0.15) is 11.1 Å². The maximum atomic E-state index is 12.7. The predicted octanol–water partition coefficient (Wildman–Crippen LogP) is 3.20. The Hall–Kier alpha value is -4.06. The number of para-hydroxylation sites is 2. The zero-order valence-corrected chi connectivity index (χ0v) is 16.1. The molecular formula is C24H18N4O2. The van der Waals surface area contributed by atoms with Gasteiger partial charge in [-0.2, -0.15) is 0 Å². The average Bonchev–Trinajstić information content (AvgIpc) is 2.78. The number of nitrogens with zero attached hydrogens (tertiary/aromatic N) is 4. The van der Waals surface area contributed by atoms with Crippen molar-refractivity contribution in [3.63, 3.8) is 0 Å². The van der Waals surface area contributed by atoms with Gasteiger partial charge in [0.15, 0.2) is 0 Å². The Kier molecular flexibility index (Phi) is 4.44. The van der Waals surface area contributed by atoms with Crippen LogP contribution in [0.4, 0.5) is 0 Å². The van der Waals surface area contributed by atoms with Gasteiger partial charge in [-0.1, -0.05) is 48.5 Å². The lowest BCUT2D eigenvalue weighted by Crippen LogP contribution is -2.22. The van der Waals surface area contributed by atoms with E-state index in [4.69, 9.17) is 0 Å². The molecule has 0 radical (unpaired) electrons. The number of hydrogen-bond donors (Lipinski definition) is 0. The second-order valence-corrected chi connectivity index (χ2v) is 7.21. The van der Waals surface area contributed by atoms with Crippen LogP contribution in [0.5, 0.6) is 0 Å². The summed E-state index contributed by atoms with van der Waals surface area (Å²) >= 11 is 0. The third-order valence-corrected chi connectivity index (χ3v) is 5.16. The standard InChI is InChI=1S/C24H18N4O2/c29-23-19-8-1-3-10-21(19)25-15-27(23)13-17-6-5-7-18(12-17)14-28-16-26-22-11-4-2-9-20(22)24(28)30/h1-12,15-16H,13-14H2. The Morgan fingerprint density at radius 1 is 0.600 bits per heavy atom. The Balaban J connectivity index is 1.45. The molecule has 6 nitrogen and oxygen atoms in total. The summed E-state index contributed by atoms with van der Waals surface area (Å²) in [6, 6.07) is 22.5. The molecule has 0 saturated carbocycles. The van der Waals surface area contributed by atoms with Crippen molar-refractivity contribution < 1.29 is 0 Å². The van der Waals surface area contributed by atoms with Crippen LogP contribution in [0.2, 0.25) is 0 Å². The summed E-state index contributed by atoms with van der Waals surface area (Å²) in [6.45, 7) is 0.824. The van der Waals surface area contributed by atoms with Gasteiger partial charge in [0.2, 0.25) is 0 Å². The number of fused-ring (bicyclic) bond motifs is 2. The molecule has 0 aliphatic rings. The van der Waals surface area contributed by atoms with Gasteiger partial charge in [0, 0.05) is 0 Å². The van der Waals surface area contributed by atoms with Crippen molar-refractivity contribution in [3.05, 3.63) is 117 Å². The van der Waals surface area contributed by atoms with E-state index in [2.05, 4.69) is 9.97 Å². The van der Waals surface area contributed by atoms with Gasteiger partial charge in [-0.05, 0) is 35.4 Å². The zero-order chi connectivity index (χ0) is 20.5. The Labute approximate surface area is 171 Å². The van der Waals surface area contributed by atoms with Gasteiger partial charge in [-0.3, -0.25) is 18.7 Å². The van der Waals surface area contributed by atoms with Gasteiger partial charge >= 0.3 is 0 Å². The molecule has 146 valence electrons. The van der Waals surface area contributed by atoms with Crippen molar-refractivity contribution in [3.8, 4) is 0 Å². The highest BCUT2D eigenvalue weighted by Gasteiger charge is 2.07. The zero-order valence-electron chi connectivity index (χ0n) is 16.1. The third-order valence-electron chi connectivity index (χ3n) is 5.16. The lowest BCUT2D eigenvalue weighted by Gasteiger charge is -2.10. The fourth-order valence-electron chi connectivity index (χ4n) is 3.66. The van der Waals surface area contributed by atoms with Crippen LogP contribution >= 0.6 is 0 Å². The van der Waals surface area contributed by atoms with Crippen LogP contribution < -0.4 is 11.1 Å². The summed E-state index contributed by atoms with van der Waals surface area (Å²) in [6.07, 6.45) is 3.16. The van der Waals surface area contributed by atoms with E-state index in [-0.39, 0.29) is 11.1 Å². The van der Waals surface area contributed by atoms with E-state index >= 15 is 0 Å². The topological polar surface area (TPSA) is 69.8 Å². The summed E-state index contributed by atoms with van der Waals surface area (Å²) in [4.78, 5) is 34.3. The monoisotopic (exact) mass is 394 g/mol.